The Morgan fingerprint density at radius 1 is 1.13 bits per heavy atom. The molecule has 0 saturated carbocycles. The van der Waals surface area contributed by atoms with Crippen LogP contribution in [0.3, 0.4) is 0 Å². The van der Waals surface area contributed by atoms with Crippen LogP contribution in [0.1, 0.15) is 11.3 Å². The van der Waals surface area contributed by atoms with Crippen molar-refractivity contribution in [3.63, 3.8) is 0 Å². The summed E-state index contributed by atoms with van der Waals surface area (Å²) in [6.07, 6.45) is 0. The van der Waals surface area contributed by atoms with Gasteiger partial charge in [-0.1, -0.05) is 12.1 Å². The molecule has 120 valence electrons. The molecule has 23 heavy (non-hydrogen) atoms. The minimum absolute atomic E-state index is 0.00960. The first-order valence-corrected chi connectivity index (χ1v) is 7.81. The average molecular weight is 335 g/mol. The Hall–Kier alpha value is -2.86. The Kier molecular flexibility index (Phi) is 4.12. The second-order valence-electron chi connectivity index (χ2n) is 4.77. The van der Waals surface area contributed by atoms with Crippen LogP contribution in [-0.4, -0.2) is 17.6 Å². The number of hydrogen-bond acceptors (Lipinski definition) is 6. The Balaban J connectivity index is 2.70. The first-order valence-electron chi connectivity index (χ1n) is 6.41. The van der Waals surface area contributed by atoms with Gasteiger partial charge in [-0.3, -0.25) is 13.9 Å². The molecule has 0 spiro atoms. The molecule has 1 aromatic carbocycles. The van der Waals surface area contributed by atoms with E-state index in [2.05, 4.69) is 0 Å². The third kappa shape index (κ3) is 2.76. The van der Waals surface area contributed by atoms with Crippen LogP contribution in [-0.2, 0) is 24.2 Å². The van der Waals surface area contributed by atoms with Crippen molar-refractivity contribution < 1.29 is 12.6 Å². The van der Waals surface area contributed by atoms with Crippen LogP contribution >= 0.6 is 0 Å². The van der Waals surface area contributed by atoms with Gasteiger partial charge in [0.05, 0.1) is 5.56 Å². The molecular weight excluding hydrogens is 322 g/mol. The number of aromatic nitrogens is 2. The minimum Gasteiger partial charge on any atom is -0.377 e. The molecule has 0 unspecified atom stereocenters. The Bertz CT molecular complexity index is 1040. The molecular formula is C14H13N3O5S. The van der Waals surface area contributed by atoms with E-state index in [9.17, 15) is 18.0 Å². The minimum atomic E-state index is -4.51. The Morgan fingerprint density at radius 2 is 1.74 bits per heavy atom. The largest absolute Gasteiger partial charge is 0.377 e. The topological polar surface area (TPSA) is 111 Å². The zero-order valence-electron chi connectivity index (χ0n) is 12.6. The van der Waals surface area contributed by atoms with Crippen LogP contribution in [0.4, 0.5) is 0 Å². The molecule has 0 atom stereocenters. The standard InChI is InChI=1S/C14H13N3O5S/c1-9-12(13(18)17(3)14(19)16(9)2)23(20,21)22-11-7-5-4-6-10(11)8-15/h4-7H,1-3H3. The normalized spacial score (nSPS) is 11.0. The molecule has 2 rings (SSSR count). The van der Waals surface area contributed by atoms with Crippen LogP contribution in [0.5, 0.6) is 5.75 Å². The number of hydrogen-bond donors (Lipinski definition) is 0. The Labute approximate surface area is 131 Å². The molecule has 0 fully saturated rings. The van der Waals surface area contributed by atoms with E-state index in [-0.39, 0.29) is 17.0 Å². The van der Waals surface area contributed by atoms with E-state index in [1.54, 1.807) is 12.1 Å². The van der Waals surface area contributed by atoms with Gasteiger partial charge in [-0.2, -0.15) is 13.7 Å². The van der Waals surface area contributed by atoms with Gasteiger partial charge >= 0.3 is 15.8 Å². The molecule has 0 aliphatic carbocycles. The highest BCUT2D eigenvalue weighted by Gasteiger charge is 2.28. The van der Waals surface area contributed by atoms with E-state index < -0.39 is 26.3 Å². The van der Waals surface area contributed by atoms with Crippen molar-refractivity contribution in [3.05, 3.63) is 56.4 Å². The third-order valence-electron chi connectivity index (χ3n) is 3.36. The Morgan fingerprint density at radius 3 is 2.35 bits per heavy atom. The van der Waals surface area contributed by atoms with Crippen molar-refractivity contribution in [3.8, 4) is 11.8 Å². The van der Waals surface area contributed by atoms with Gasteiger partial charge in [-0.25, -0.2) is 4.79 Å². The fraction of sp³-hybridized carbons (Fsp3) is 0.214. The predicted molar refractivity (Wildman–Crippen MR) is 80.6 cm³/mol. The lowest BCUT2D eigenvalue weighted by Crippen LogP contribution is -2.41. The first-order chi connectivity index (χ1) is 10.7. The van der Waals surface area contributed by atoms with E-state index in [0.29, 0.717) is 4.57 Å². The van der Waals surface area contributed by atoms with E-state index in [1.165, 1.54) is 39.2 Å². The summed E-state index contributed by atoms with van der Waals surface area (Å²) in [5.41, 5.74) is -1.67. The van der Waals surface area contributed by atoms with Gasteiger partial charge in [0.15, 0.2) is 10.6 Å². The summed E-state index contributed by atoms with van der Waals surface area (Å²) in [6.45, 7) is 1.33. The van der Waals surface area contributed by atoms with Gasteiger partial charge in [0.1, 0.15) is 6.07 Å². The number of para-hydroxylation sites is 1. The fourth-order valence-electron chi connectivity index (χ4n) is 1.99. The monoisotopic (exact) mass is 335 g/mol. The smallest absolute Gasteiger partial charge is 0.346 e. The molecule has 0 N–H and O–H groups in total. The molecule has 1 heterocycles. The quantitative estimate of drug-likeness (QED) is 0.732. The highest BCUT2D eigenvalue weighted by Crippen LogP contribution is 2.21. The number of nitrogens with zero attached hydrogens (tertiary/aromatic N) is 3. The maximum absolute atomic E-state index is 12.5. The van der Waals surface area contributed by atoms with E-state index in [1.807, 2.05) is 0 Å². The molecule has 0 amide bonds. The van der Waals surface area contributed by atoms with Crippen molar-refractivity contribution in [2.75, 3.05) is 0 Å². The molecule has 0 radical (unpaired) electrons. The lowest BCUT2D eigenvalue weighted by atomic mass is 10.2. The van der Waals surface area contributed by atoms with Gasteiger partial charge in [-0.15, -0.1) is 0 Å². The SMILES string of the molecule is Cc1c(S(=O)(=O)Oc2ccccc2C#N)c(=O)n(C)c(=O)n1C. The summed E-state index contributed by atoms with van der Waals surface area (Å²) in [7, 11) is -1.99. The van der Waals surface area contributed by atoms with Gasteiger partial charge in [0.25, 0.3) is 5.56 Å². The summed E-state index contributed by atoms with van der Waals surface area (Å²) in [5.74, 6) is -0.190. The average Bonchev–Trinajstić information content (AvgIpc) is 2.51. The molecule has 0 aliphatic rings. The summed E-state index contributed by atoms with van der Waals surface area (Å²) in [5, 5.41) is 8.98. The highest BCUT2D eigenvalue weighted by atomic mass is 32.2. The maximum Gasteiger partial charge on any atom is 0.346 e. The first kappa shape index (κ1) is 16.5. The van der Waals surface area contributed by atoms with Crippen LogP contribution in [0.25, 0.3) is 0 Å². The van der Waals surface area contributed by atoms with Crippen molar-refractivity contribution in [2.45, 2.75) is 11.8 Å². The van der Waals surface area contributed by atoms with Gasteiger partial charge < -0.3 is 4.18 Å². The van der Waals surface area contributed by atoms with Gasteiger partial charge in [0, 0.05) is 19.8 Å². The molecule has 1 aromatic heterocycles. The summed E-state index contributed by atoms with van der Waals surface area (Å²) >= 11 is 0. The summed E-state index contributed by atoms with van der Waals surface area (Å²) in [6, 6.07) is 7.54. The molecule has 0 saturated heterocycles. The van der Waals surface area contributed by atoms with Crippen molar-refractivity contribution in [2.24, 2.45) is 14.1 Å². The van der Waals surface area contributed by atoms with E-state index >= 15 is 0 Å². The lowest BCUT2D eigenvalue weighted by Gasteiger charge is -2.13. The van der Waals surface area contributed by atoms with E-state index in [4.69, 9.17) is 9.44 Å². The zero-order chi connectivity index (χ0) is 17.4. The number of benzene rings is 1. The lowest BCUT2D eigenvalue weighted by molar-refractivity contribution is 0.478. The fourth-order valence-corrected chi connectivity index (χ4v) is 3.31. The number of nitriles is 1. The number of rotatable bonds is 3. The van der Waals surface area contributed by atoms with Gasteiger partial charge in [-0.05, 0) is 19.1 Å². The summed E-state index contributed by atoms with van der Waals surface area (Å²) in [4.78, 5) is 23.3. The summed E-state index contributed by atoms with van der Waals surface area (Å²) < 4.78 is 31.6. The molecule has 8 nitrogen and oxygen atoms in total. The van der Waals surface area contributed by atoms with Crippen LogP contribution in [0, 0.1) is 18.3 Å². The van der Waals surface area contributed by atoms with E-state index in [0.717, 1.165) is 4.57 Å². The van der Waals surface area contributed by atoms with Gasteiger partial charge in [0.2, 0.25) is 0 Å². The zero-order valence-corrected chi connectivity index (χ0v) is 13.4. The highest BCUT2D eigenvalue weighted by molar-refractivity contribution is 7.87. The van der Waals surface area contributed by atoms with Crippen molar-refractivity contribution >= 4 is 10.1 Å². The molecule has 0 bridgehead atoms. The third-order valence-corrected chi connectivity index (χ3v) is 4.73. The van der Waals surface area contributed by atoms with Crippen LogP contribution < -0.4 is 15.4 Å². The van der Waals surface area contributed by atoms with Crippen molar-refractivity contribution in [1.29, 1.82) is 5.26 Å². The predicted octanol–water partition coefficient (Wildman–Crippen LogP) is 0.0318. The van der Waals surface area contributed by atoms with Crippen molar-refractivity contribution in [1.82, 2.24) is 9.13 Å². The van der Waals surface area contributed by atoms with Crippen LogP contribution in [0.2, 0.25) is 0 Å². The maximum atomic E-state index is 12.5. The second kappa shape index (κ2) is 5.73. The van der Waals surface area contributed by atoms with Crippen LogP contribution in [0.15, 0.2) is 38.8 Å². The molecule has 9 heteroatoms. The molecule has 0 aliphatic heterocycles. The second-order valence-corrected chi connectivity index (χ2v) is 6.25. The molecule has 2 aromatic rings.